The van der Waals surface area contributed by atoms with E-state index in [1.807, 2.05) is 6.08 Å². The highest BCUT2D eigenvalue weighted by molar-refractivity contribution is 9.11. The van der Waals surface area contributed by atoms with Crippen LogP contribution in [0.2, 0.25) is 0 Å². The topological polar surface area (TPSA) is 38.7 Å². The number of aliphatic hydroxyl groups excluding tert-OH is 1. The summed E-state index contributed by atoms with van der Waals surface area (Å²) >= 11 is 10.5. The second-order valence-electron chi connectivity index (χ2n) is 6.13. The van der Waals surface area contributed by atoms with Gasteiger partial charge in [-0.15, -0.1) is 5.73 Å². The lowest BCUT2D eigenvalue weighted by molar-refractivity contribution is -0.0869. The molecule has 3 rings (SSSR count). The summed E-state index contributed by atoms with van der Waals surface area (Å²) in [7, 11) is 0. The average Bonchev–Trinajstić information content (AvgIpc) is 3.13. The SMILES string of the molecule is CC(Br)C1OC2CC(C=C=CBr)OC2C(Br)C(O)C2CC21. The van der Waals surface area contributed by atoms with Crippen LogP contribution in [-0.4, -0.2) is 45.3 Å². The van der Waals surface area contributed by atoms with Crippen molar-refractivity contribution in [3.63, 3.8) is 0 Å². The number of alkyl halides is 2. The maximum absolute atomic E-state index is 10.6. The Morgan fingerprint density at radius 2 is 2.05 bits per heavy atom. The van der Waals surface area contributed by atoms with Gasteiger partial charge in [0.15, 0.2) is 0 Å². The van der Waals surface area contributed by atoms with Gasteiger partial charge >= 0.3 is 0 Å². The fourth-order valence-corrected chi connectivity index (χ4v) is 5.09. The summed E-state index contributed by atoms with van der Waals surface area (Å²) in [5.74, 6) is 0.772. The Bertz CT molecular complexity index is 449. The predicted molar refractivity (Wildman–Crippen MR) is 92.2 cm³/mol. The summed E-state index contributed by atoms with van der Waals surface area (Å²) in [5.41, 5.74) is 3.01. The van der Waals surface area contributed by atoms with E-state index in [-0.39, 0.29) is 40.2 Å². The third-order valence-electron chi connectivity index (χ3n) is 4.68. The fraction of sp³-hybridized carbons (Fsp3) is 0.800. The van der Waals surface area contributed by atoms with Crippen LogP contribution >= 0.6 is 47.8 Å². The molecule has 2 saturated heterocycles. The zero-order valence-corrected chi connectivity index (χ0v) is 16.4. The third kappa shape index (κ3) is 3.37. The number of ether oxygens (including phenoxy) is 2. The molecule has 0 aromatic carbocycles. The van der Waals surface area contributed by atoms with Gasteiger partial charge in [-0.25, -0.2) is 0 Å². The maximum Gasteiger partial charge on any atom is 0.0996 e. The molecule has 2 heterocycles. The van der Waals surface area contributed by atoms with E-state index in [2.05, 4.69) is 60.4 Å². The van der Waals surface area contributed by atoms with Gasteiger partial charge in [-0.3, -0.25) is 0 Å². The summed E-state index contributed by atoms with van der Waals surface area (Å²) in [5, 5.41) is 10.6. The molecule has 0 aromatic rings. The normalized spacial score (nSPS) is 50.0. The molecule has 0 spiro atoms. The van der Waals surface area contributed by atoms with Crippen molar-refractivity contribution < 1.29 is 14.6 Å². The van der Waals surface area contributed by atoms with Crippen LogP contribution in [-0.2, 0) is 9.47 Å². The second kappa shape index (κ2) is 6.76. The first-order valence-electron chi connectivity index (χ1n) is 7.31. The molecule has 3 aliphatic rings. The molecule has 3 nitrogen and oxygen atoms in total. The van der Waals surface area contributed by atoms with Gasteiger partial charge in [-0.1, -0.05) is 54.7 Å². The van der Waals surface area contributed by atoms with Crippen molar-refractivity contribution in [2.45, 2.75) is 59.9 Å². The van der Waals surface area contributed by atoms with Crippen molar-refractivity contribution in [1.82, 2.24) is 0 Å². The molecule has 3 fully saturated rings. The minimum atomic E-state index is -0.366. The number of rotatable bonds is 2. The smallest absolute Gasteiger partial charge is 0.0996 e. The summed E-state index contributed by atoms with van der Waals surface area (Å²) in [4.78, 5) is 1.90. The average molecular weight is 487 g/mol. The molecule has 1 N–H and O–H groups in total. The highest BCUT2D eigenvalue weighted by Gasteiger charge is 2.56. The Hall–Kier alpha value is 0.840. The van der Waals surface area contributed by atoms with Crippen molar-refractivity contribution in [3.05, 3.63) is 16.8 Å². The van der Waals surface area contributed by atoms with Crippen LogP contribution in [0, 0.1) is 11.8 Å². The van der Waals surface area contributed by atoms with Gasteiger partial charge in [0.25, 0.3) is 0 Å². The first kappa shape index (κ1) is 16.7. The summed E-state index contributed by atoms with van der Waals surface area (Å²) in [6.07, 6.45) is 3.41. The fourth-order valence-electron chi connectivity index (χ4n) is 3.56. The molecule has 6 heteroatoms. The van der Waals surface area contributed by atoms with Crippen molar-refractivity contribution >= 4 is 47.8 Å². The van der Waals surface area contributed by atoms with Gasteiger partial charge in [-0.2, -0.15) is 0 Å². The summed E-state index contributed by atoms with van der Waals surface area (Å²) < 4.78 is 12.5. The Morgan fingerprint density at radius 1 is 1.29 bits per heavy atom. The molecule has 1 aliphatic carbocycles. The molecule has 0 bridgehead atoms. The Morgan fingerprint density at radius 3 is 2.71 bits per heavy atom. The van der Waals surface area contributed by atoms with Crippen LogP contribution in [0.1, 0.15) is 19.8 Å². The second-order valence-corrected chi connectivity index (χ2v) is 9.09. The van der Waals surface area contributed by atoms with E-state index in [9.17, 15) is 5.11 Å². The first-order valence-corrected chi connectivity index (χ1v) is 10.1. The van der Waals surface area contributed by atoms with Gasteiger partial charge in [0, 0.05) is 16.2 Å². The number of hydrogen-bond acceptors (Lipinski definition) is 3. The van der Waals surface area contributed by atoms with Crippen molar-refractivity contribution in [1.29, 1.82) is 0 Å². The van der Waals surface area contributed by atoms with E-state index >= 15 is 0 Å². The Kier molecular flexibility index (Phi) is 5.37. The van der Waals surface area contributed by atoms with Crippen LogP contribution < -0.4 is 0 Å². The van der Waals surface area contributed by atoms with Crippen molar-refractivity contribution in [2.75, 3.05) is 0 Å². The molecule has 21 heavy (non-hydrogen) atoms. The predicted octanol–water partition coefficient (Wildman–Crippen LogP) is 3.52. The molecule has 118 valence electrons. The van der Waals surface area contributed by atoms with Gasteiger partial charge < -0.3 is 14.6 Å². The van der Waals surface area contributed by atoms with E-state index in [1.54, 1.807) is 4.99 Å². The molecular weight excluding hydrogens is 468 g/mol. The standard InChI is InChI=1S/C15H19Br3O3/c1-7(17)14-10-6-9(10)13(19)12(18)15-11(21-14)5-8(20-15)3-2-4-16/h3-4,7-15,19H,5-6H2,1H3. The molecule has 0 radical (unpaired) electrons. The van der Waals surface area contributed by atoms with Crippen LogP contribution in [0.4, 0.5) is 0 Å². The lowest BCUT2D eigenvalue weighted by Gasteiger charge is -2.34. The molecule has 9 atom stereocenters. The van der Waals surface area contributed by atoms with E-state index < -0.39 is 0 Å². The number of hydrogen-bond donors (Lipinski definition) is 1. The van der Waals surface area contributed by atoms with E-state index in [0.29, 0.717) is 11.8 Å². The largest absolute Gasteiger partial charge is 0.392 e. The zero-order valence-electron chi connectivity index (χ0n) is 11.7. The quantitative estimate of drug-likeness (QED) is 0.479. The van der Waals surface area contributed by atoms with Gasteiger partial charge in [0.05, 0.1) is 35.3 Å². The molecule has 0 amide bonds. The highest BCUT2D eigenvalue weighted by Crippen LogP contribution is 2.52. The molecule has 1 saturated carbocycles. The van der Waals surface area contributed by atoms with Gasteiger partial charge in [0.2, 0.25) is 0 Å². The van der Waals surface area contributed by atoms with E-state index in [0.717, 1.165) is 12.8 Å². The molecular formula is C15H19Br3O3. The first-order chi connectivity index (χ1) is 10.0. The third-order valence-corrected chi connectivity index (χ3v) is 6.53. The minimum Gasteiger partial charge on any atom is -0.392 e. The van der Waals surface area contributed by atoms with Crippen LogP contribution in [0.15, 0.2) is 16.8 Å². The van der Waals surface area contributed by atoms with Gasteiger partial charge in [-0.05, 0) is 24.3 Å². The van der Waals surface area contributed by atoms with Crippen LogP contribution in [0.3, 0.4) is 0 Å². The Balaban J connectivity index is 1.80. The molecule has 9 unspecified atom stereocenters. The minimum absolute atomic E-state index is 0.00829. The molecule has 2 aliphatic heterocycles. The summed E-state index contributed by atoms with van der Waals surface area (Å²) in [6.45, 7) is 2.12. The van der Waals surface area contributed by atoms with E-state index in [4.69, 9.17) is 9.47 Å². The highest BCUT2D eigenvalue weighted by atomic mass is 79.9. The van der Waals surface area contributed by atoms with E-state index in [1.165, 1.54) is 0 Å². The van der Waals surface area contributed by atoms with Crippen LogP contribution in [0.5, 0.6) is 0 Å². The number of halogens is 3. The lowest BCUT2D eigenvalue weighted by Crippen LogP contribution is -2.46. The monoisotopic (exact) mass is 484 g/mol. The number of aliphatic hydroxyl groups is 1. The lowest BCUT2D eigenvalue weighted by atomic mass is 9.97. The molecule has 0 aromatic heterocycles. The Labute approximate surface area is 150 Å². The van der Waals surface area contributed by atoms with Crippen molar-refractivity contribution in [3.8, 4) is 0 Å². The van der Waals surface area contributed by atoms with Crippen LogP contribution in [0.25, 0.3) is 0 Å². The van der Waals surface area contributed by atoms with Crippen molar-refractivity contribution in [2.24, 2.45) is 11.8 Å². The zero-order chi connectivity index (χ0) is 15.1. The number of fused-ring (bicyclic) bond motifs is 2. The van der Waals surface area contributed by atoms with Gasteiger partial charge in [0.1, 0.15) is 0 Å². The maximum atomic E-state index is 10.6. The summed E-state index contributed by atoms with van der Waals surface area (Å²) in [6, 6.07) is 0.